The largest absolute Gasteiger partial charge is 0.389 e. The van der Waals surface area contributed by atoms with E-state index in [0.717, 1.165) is 0 Å². The van der Waals surface area contributed by atoms with Crippen molar-refractivity contribution in [3.63, 3.8) is 0 Å². The van der Waals surface area contributed by atoms with E-state index in [0.29, 0.717) is 0 Å². The minimum Gasteiger partial charge on any atom is -0.295 e. The van der Waals surface area contributed by atoms with Gasteiger partial charge in [-0.15, -0.1) is 0 Å². The molecule has 0 fully saturated rings. The van der Waals surface area contributed by atoms with E-state index < -0.39 is 24.8 Å². The molecule has 0 unspecified atom stereocenters. The van der Waals surface area contributed by atoms with Crippen molar-refractivity contribution in [1.29, 1.82) is 0 Å². The van der Waals surface area contributed by atoms with Crippen molar-refractivity contribution >= 4 is 5.78 Å². The highest BCUT2D eigenvalue weighted by atomic mass is 19.4. The van der Waals surface area contributed by atoms with Crippen LogP contribution in [0.5, 0.6) is 0 Å². The summed E-state index contributed by atoms with van der Waals surface area (Å²) in [5, 5.41) is 0. The van der Waals surface area contributed by atoms with Crippen LogP contribution < -0.4 is 0 Å². The van der Waals surface area contributed by atoms with Gasteiger partial charge in [-0.1, -0.05) is 6.58 Å². The van der Waals surface area contributed by atoms with Gasteiger partial charge in [0.15, 0.2) is 5.78 Å². The van der Waals surface area contributed by atoms with Crippen LogP contribution in [-0.2, 0) is 4.79 Å². The van der Waals surface area contributed by atoms with Crippen molar-refractivity contribution in [2.45, 2.75) is 25.9 Å². The number of halogens is 3. The SMILES string of the molecule is C=C(C)C(=O)CCC(F)(F)F. The lowest BCUT2D eigenvalue weighted by molar-refractivity contribution is -0.141. The molecular weight excluding hydrogens is 157 g/mol. The van der Waals surface area contributed by atoms with Crippen LogP contribution in [0.1, 0.15) is 19.8 Å². The molecule has 0 bridgehead atoms. The third kappa shape index (κ3) is 5.63. The first-order valence-corrected chi connectivity index (χ1v) is 3.08. The minimum atomic E-state index is -4.24. The molecule has 0 aromatic carbocycles. The molecule has 0 amide bonds. The Morgan fingerprint density at radius 1 is 1.45 bits per heavy atom. The summed E-state index contributed by atoms with van der Waals surface area (Å²) >= 11 is 0. The molecule has 0 radical (unpaired) electrons. The second-order valence-corrected chi connectivity index (χ2v) is 2.32. The molecule has 0 atom stereocenters. The van der Waals surface area contributed by atoms with E-state index in [-0.39, 0.29) is 5.57 Å². The number of hydrogen-bond acceptors (Lipinski definition) is 1. The molecule has 0 heterocycles. The van der Waals surface area contributed by atoms with Crippen molar-refractivity contribution in [3.05, 3.63) is 12.2 Å². The maximum absolute atomic E-state index is 11.5. The van der Waals surface area contributed by atoms with Crippen LogP contribution in [0.25, 0.3) is 0 Å². The Morgan fingerprint density at radius 2 is 1.91 bits per heavy atom. The Kier molecular flexibility index (Phi) is 3.29. The Balaban J connectivity index is 3.73. The van der Waals surface area contributed by atoms with Crippen LogP contribution in [0.15, 0.2) is 12.2 Å². The molecule has 0 aliphatic rings. The summed E-state index contributed by atoms with van der Waals surface area (Å²) < 4.78 is 34.5. The molecule has 11 heavy (non-hydrogen) atoms. The van der Waals surface area contributed by atoms with Crippen LogP contribution in [0.3, 0.4) is 0 Å². The van der Waals surface area contributed by atoms with Crippen molar-refractivity contribution in [3.8, 4) is 0 Å². The molecule has 0 aliphatic heterocycles. The van der Waals surface area contributed by atoms with Crippen LogP contribution in [-0.4, -0.2) is 12.0 Å². The lowest BCUT2D eigenvalue weighted by Gasteiger charge is -2.03. The number of ketones is 1. The lowest BCUT2D eigenvalue weighted by atomic mass is 10.1. The molecule has 0 spiro atoms. The Labute approximate surface area is 62.9 Å². The Hall–Kier alpha value is -0.800. The monoisotopic (exact) mass is 166 g/mol. The summed E-state index contributed by atoms with van der Waals surface area (Å²) in [6, 6.07) is 0. The van der Waals surface area contributed by atoms with E-state index in [1.165, 1.54) is 6.92 Å². The number of carbonyl (C=O) groups excluding carboxylic acids is 1. The Morgan fingerprint density at radius 3 is 2.18 bits per heavy atom. The van der Waals surface area contributed by atoms with E-state index in [1.807, 2.05) is 0 Å². The smallest absolute Gasteiger partial charge is 0.295 e. The van der Waals surface area contributed by atoms with Gasteiger partial charge < -0.3 is 0 Å². The van der Waals surface area contributed by atoms with E-state index in [4.69, 9.17) is 0 Å². The molecule has 0 N–H and O–H groups in total. The number of rotatable bonds is 3. The van der Waals surface area contributed by atoms with Gasteiger partial charge in [0.1, 0.15) is 0 Å². The van der Waals surface area contributed by atoms with Crippen LogP contribution in [0, 0.1) is 0 Å². The third-order valence-corrected chi connectivity index (χ3v) is 1.11. The fraction of sp³-hybridized carbons (Fsp3) is 0.571. The molecule has 0 saturated carbocycles. The molecule has 0 rings (SSSR count). The average molecular weight is 166 g/mol. The molecule has 0 aliphatic carbocycles. The number of hydrogen-bond donors (Lipinski definition) is 0. The Bertz CT molecular complexity index is 169. The van der Waals surface area contributed by atoms with Gasteiger partial charge in [0.25, 0.3) is 0 Å². The first-order chi connectivity index (χ1) is 4.83. The minimum absolute atomic E-state index is 0.175. The van der Waals surface area contributed by atoms with Gasteiger partial charge in [0.05, 0.1) is 6.42 Å². The van der Waals surface area contributed by atoms with Crippen LogP contribution in [0.2, 0.25) is 0 Å². The van der Waals surface area contributed by atoms with E-state index in [9.17, 15) is 18.0 Å². The first-order valence-electron chi connectivity index (χ1n) is 3.08. The van der Waals surface area contributed by atoms with Gasteiger partial charge in [0.2, 0.25) is 0 Å². The van der Waals surface area contributed by atoms with Gasteiger partial charge in [0, 0.05) is 6.42 Å². The van der Waals surface area contributed by atoms with Gasteiger partial charge in [-0.05, 0) is 12.5 Å². The predicted molar refractivity (Wildman–Crippen MR) is 35.1 cm³/mol. The third-order valence-electron chi connectivity index (χ3n) is 1.11. The number of alkyl halides is 3. The number of carbonyl (C=O) groups is 1. The maximum Gasteiger partial charge on any atom is 0.389 e. The lowest BCUT2D eigenvalue weighted by Crippen LogP contribution is -2.10. The summed E-state index contributed by atoms with van der Waals surface area (Å²) in [5.74, 6) is -0.526. The van der Waals surface area contributed by atoms with E-state index in [2.05, 4.69) is 6.58 Å². The summed E-state index contributed by atoms with van der Waals surface area (Å²) in [4.78, 5) is 10.6. The van der Waals surface area contributed by atoms with E-state index >= 15 is 0 Å². The molecule has 0 aromatic heterocycles. The standard InChI is InChI=1S/C7H9F3O/c1-5(2)6(11)3-4-7(8,9)10/h1,3-4H2,2H3. The molecule has 4 heteroatoms. The molecule has 1 nitrogen and oxygen atoms in total. The second kappa shape index (κ2) is 3.55. The van der Waals surface area contributed by atoms with Gasteiger partial charge in [-0.2, -0.15) is 13.2 Å². The van der Waals surface area contributed by atoms with Gasteiger partial charge in [-0.25, -0.2) is 0 Å². The predicted octanol–water partition coefficient (Wildman–Crippen LogP) is 2.47. The quantitative estimate of drug-likeness (QED) is 0.588. The first kappa shape index (κ1) is 10.2. The van der Waals surface area contributed by atoms with Crippen LogP contribution in [0.4, 0.5) is 13.2 Å². The fourth-order valence-electron chi connectivity index (χ4n) is 0.469. The van der Waals surface area contributed by atoms with Gasteiger partial charge >= 0.3 is 6.18 Å². The maximum atomic E-state index is 11.5. The number of Topliss-reactive ketones (excluding diaryl/α,β-unsaturated/α-hetero) is 1. The fourth-order valence-corrected chi connectivity index (χ4v) is 0.469. The highest BCUT2D eigenvalue weighted by molar-refractivity contribution is 5.94. The van der Waals surface area contributed by atoms with Crippen LogP contribution >= 0.6 is 0 Å². The molecule has 0 aromatic rings. The summed E-state index contributed by atoms with van der Waals surface area (Å²) in [7, 11) is 0. The molecule has 64 valence electrons. The highest BCUT2D eigenvalue weighted by Crippen LogP contribution is 2.21. The molecular formula is C7H9F3O. The number of allylic oxidation sites excluding steroid dienone is 1. The average Bonchev–Trinajstić information content (AvgIpc) is 1.80. The van der Waals surface area contributed by atoms with Crippen molar-refractivity contribution < 1.29 is 18.0 Å². The zero-order valence-corrected chi connectivity index (χ0v) is 6.16. The second-order valence-electron chi connectivity index (χ2n) is 2.32. The van der Waals surface area contributed by atoms with Gasteiger partial charge in [-0.3, -0.25) is 4.79 Å². The topological polar surface area (TPSA) is 17.1 Å². The highest BCUT2D eigenvalue weighted by Gasteiger charge is 2.27. The zero-order chi connectivity index (χ0) is 9.07. The zero-order valence-electron chi connectivity index (χ0n) is 6.16. The molecule has 0 saturated heterocycles. The normalized spacial score (nSPS) is 11.3. The van der Waals surface area contributed by atoms with Crippen molar-refractivity contribution in [1.82, 2.24) is 0 Å². The van der Waals surface area contributed by atoms with Crippen molar-refractivity contribution in [2.75, 3.05) is 0 Å². The van der Waals surface area contributed by atoms with Crippen molar-refractivity contribution in [2.24, 2.45) is 0 Å². The summed E-state index contributed by atoms with van der Waals surface area (Å²) in [5.41, 5.74) is 0.175. The summed E-state index contributed by atoms with van der Waals surface area (Å²) in [6.07, 6.45) is -5.79. The van der Waals surface area contributed by atoms with E-state index in [1.54, 1.807) is 0 Å². The summed E-state index contributed by atoms with van der Waals surface area (Å²) in [6.45, 7) is 4.64.